The number of carbonyl (C=O) groups excluding carboxylic acids is 1. The summed E-state index contributed by atoms with van der Waals surface area (Å²) in [5.74, 6) is -0.0665. The number of nitrogens with one attached hydrogen (secondary N) is 2. The van der Waals surface area contributed by atoms with Crippen molar-refractivity contribution in [3.8, 4) is 6.07 Å². The predicted molar refractivity (Wildman–Crippen MR) is 71.8 cm³/mol. The van der Waals surface area contributed by atoms with Crippen LogP contribution in [0.25, 0.3) is 0 Å². The van der Waals surface area contributed by atoms with Gasteiger partial charge in [-0.3, -0.25) is 4.79 Å². The summed E-state index contributed by atoms with van der Waals surface area (Å²) < 4.78 is 0. The first-order valence-corrected chi connectivity index (χ1v) is 5.81. The molecule has 4 nitrogen and oxygen atoms in total. The van der Waals surface area contributed by atoms with Crippen LogP contribution >= 0.6 is 12.4 Å². The van der Waals surface area contributed by atoms with E-state index in [1.807, 2.05) is 6.07 Å². The largest absolute Gasteiger partial charge is 0.348 e. The van der Waals surface area contributed by atoms with Crippen LogP contribution in [0, 0.1) is 11.3 Å². The van der Waals surface area contributed by atoms with Gasteiger partial charge in [-0.25, -0.2) is 0 Å². The zero-order valence-corrected chi connectivity index (χ0v) is 10.8. The summed E-state index contributed by atoms with van der Waals surface area (Å²) in [6.07, 6.45) is 2.12. The average Bonchev–Trinajstić information content (AvgIpc) is 2.40. The van der Waals surface area contributed by atoms with Crippen LogP contribution in [0.1, 0.15) is 28.8 Å². The third-order valence-corrected chi connectivity index (χ3v) is 2.91. The Morgan fingerprint density at radius 1 is 1.39 bits per heavy atom. The summed E-state index contributed by atoms with van der Waals surface area (Å²) in [5, 5.41) is 14.9. The van der Waals surface area contributed by atoms with E-state index in [1.54, 1.807) is 24.3 Å². The van der Waals surface area contributed by atoms with Crippen molar-refractivity contribution in [3.05, 3.63) is 35.4 Å². The fourth-order valence-corrected chi connectivity index (χ4v) is 1.94. The third-order valence-electron chi connectivity index (χ3n) is 2.91. The van der Waals surface area contributed by atoms with E-state index in [9.17, 15) is 4.79 Å². The molecular weight excluding hydrogens is 250 g/mol. The maximum absolute atomic E-state index is 11.9. The minimum atomic E-state index is -0.0665. The molecule has 0 spiro atoms. The van der Waals surface area contributed by atoms with Crippen molar-refractivity contribution in [1.82, 2.24) is 10.6 Å². The Morgan fingerprint density at radius 3 is 2.67 bits per heavy atom. The van der Waals surface area contributed by atoms with Crippen molar-refractivity contribution >= 4 is 18.3 Å². The molecule has 1 saturated heterocycles. The number of halogens is 1. The molecule has 1 aromatic carbocycles. The number of nitriles is 1. The number of nitrogens with zero attached hydrogens (tertiary/aromatic N) is 1. The van der Waals surface area contributed by atoms with Crippen LogP contribution in [-0.4, -0.2) is 25.0 Å². The molecular formula is C13H16ClN3O. The van der Waals surface area contributed by atoms with E-state index in [1.165, 1.54) is 0 Å². The molecule has 1 aliphatic rings. The molecule has 0 radical (unpaired) electrons. The van der Waals surface area contributed by atoms with Crippen molar-refractivity contribution < 1.29 is 4.79 Å². The summed E-state index contributed by atoms with van der Waals surface area (Å²) in [6, 6.07) is 8.94. The molecule has 96 valence electrons. The van der Waals surface area contributed by atoms with Crippen molar-refractivity contribution in [1.29, 1.82) is 5.26 Å². The van der Waals surface area contributed by atoms with Gasteiger partial charge in [0.05, 0.1) is 11.6 Å². The molecule has 5 heteroatoms. The van der Waals surface area contributed by atoms with Crippen LogP contribution in [0.5, 0.6) is 0 Å². The van der Waals surface area contributed by atoms with Gasteiger partial charge in [-0.2, -0.15) is 5.26 Å². The van der Waals surface area contributed by atoms with Crippen molar-refractivity contribution in [2.75, 3.05) is 13.1 Å². The van der Waals surface area contributed by atoms with Gasteiger partial charge in [0.25, 0.3) is 5.91 Å². The summed E-state index contributed by atoms with van der Waals surface area (Å²) in [7, 11) is 0. The molecule has 1 aromatic rings. The van der Waals surface area contributed by atoms with E-state index >= 15 is 0 Å². The first-order chi connectivity index (χ1) is 8.29. The van der Waals surface area contributed by atoms with Gasteiger partial charge in [0.1, 0.15) is 0 Å². The van der Waals surface area contributed by atoms with Crippen LogP contribution in [-0.2, 0) is 0 Å². The molecule has 0 saturated carbocycles. The molecule has 1 heterocycles. The van der Waals surface area contributed by atoms with Crippen molar-refractivity contribution in [2.45, 2.75) is 18.9 Å². The van der Waals surface area contributed by atoms with E-state index in [0.29, 0.717) is 11.1 Å². The summed E-state index contributed by atoms with van der Waals surface area (Å²) in [6.45, 7) is 1.87. The SMILES string of the molecule is Cl.N#Cc1ccc(C(=O)N[C@@H]2CCCNC2)cc1. The van der Waals surface area contributed by atoms with E-state index in [4.69, 9.17) is 5.26 Å². The highest BCUT2D eigenvalue weighted by Crippen LogP contribution is 2.06. The van der Waals surface area contributed by atoms with Gasteiger partial charge >= 0.3 is 0 Å². The number of hydrogen-bond acceptors (Lipinski definition) is 3. The van der Waals surface area contributed by atoms with Crippen LogP contribution in [0.3, 0.4) is 0 Å². The number of amides is 1. The predicted octanol–water partition coefficient (Wildman–Crippen LogP) is 1.46. The van der Waals surface area contributed by atoms with E-state index in [-0.39, 0.29) is 24.4 Å². The highest BCUT2D eigenvalue weighted by molar-refractivity contribution is 5.94. The van der Waals surface area contributed by atoms with Gasteiger partial charge in [-0.15, -0.1) is 12.4 Å². The molecule has 18 heavy (non-hydrogen) atoms. The molecule has 1 aliphatic heterocycles. The molecule has 2 rings (SSSR count). The van der Waals surface area contributed by atoms with E-state index in [0.717, 1.165) is 25.9 Å². The van der Waals surface area contributed by atoms with Gasteiger partial charge in [-0.1, -0.05) is 0 Å². The Hall–Kier alpha value is -1.57. The average molecular weight is 266 g/mol. The number of rotatable bonds is 2. The number of hydrogen-bond donors (Lipinski definition) is 2. The van der Waals surface area contributed by atoms with Gasteiger partial charge < -0.3 is 10.6 Å². The quantitative estimate of drug-likeness (QED) is 0.851. The first kappa shape index (κ1) is 14.5. The summed E-state index contributed by atoms with van der Waals surface area (Å²) >= 11 is 0. The number of benzene rings is 1. The second-order valence-corrected chi connectivity index (χ2v) is 4.21. The molecule has 0 aliphatic carbocycles. The second-order valence-electron chi connectivity index (χ2n) is 4.21. The zero-order chi connectivity index (χ0) is 12.1. The minimum Gasteiger partial charge on any atom is -0.348 e. The monoisotopic (exact) mass is 265 g/mol. The fourth-order valence-electron chi connectivity index (χ4n) is 1.94. The van der Waals surface area contributed by atoms with Gasteiger partial charge in [0.15, 0.2) is 0 Å². The molecule has 1 amide bonds. The highest BCUT2D eigenvalue weighted by Gasteiger charge is 2.15. The maximum atomic E-state index is 11.9. The Labute approximate surface area is 113 Å². The fraction of sp³-hybridized carbons (Fsp3) is 0.385. The molecule has 1 atom stereocenters. The van der Waals surface area contributed by atoms with E-state index in [2.05, 4.69) is 10.6 Å². The van der Waals surface area contributed by atoms with Crippen LogP contribution in [0.2, 0.25) is 0 Å². The number of carbonyl (C=O) groups is 1. The molecule has 0 bridgehead atoms. The highest BCUT2D eigenvalue weighted by atomic mass is 35.5. The smallest absolute Gasteiger partial charge is 0.251 e. The lowest BCUT2D eigenvalue weighted by atomic mass is 10.1. The van der Waals surface area contributed by atoms with E-state index < -0.39 is 0 Å². The second kappa shape index (κ2) is 7.00. The topological polar surface area (TPSA) is 64.9 Å². The lowest BCUT2D eigenvalue weighted by molar-refractivity contribution is 0.0930. The van der Waals surface area contributed by atoms with Gasteiger partial charge in [0.2, 0.25) is 0 Å². The van der Waals surface area contributed by atoms with Crippen molar-refractivity contribution in [3.63, 3.8) is 0 Å². The third kappa shape index (κ3) is 3.73. The first-order valence-electron chi connectivity index (χ1n) is 5.81. The van der Waals surface area contributed by atoms with Gasteiger partial charge in [0, 0.05) is 18.2 Å². The Bertz CT molecular complexity index is 433. The molecule has 0 aromatic heterocycles. The normalized spacial score (nSPS) is 18.3. The molecule has 0 unspecified atom stereocenters. The molecule has 2 N–H and O–H groups in total. The van der Waals surface area contributed by atoms with Crippen LogP contribution < -0.4 is 10.6 Å². The Morgan fingerprint density at radius 2 is 2.11 bits per heavy atom. The Kier molecular flexibility index (Phi) is 5.63. The van der Waals surface area contributed by atoms with Crippen LogP contribution in [0.4, 0.5) is 0 Å². The van der Waals surface area contributed by atoms with Crippen molar-refractivity contribution in [2.24, 2.45) is 0 Å². The summed E-state index contributed by atoms with van der Waals surface area (Å²) in [5.41, 5.74) is 1.18. The Balaban J connectivity index is 0.00000162. The summed E-state index contributed by atoms with van der Waals surface area (Å²) in [4.78, 5) is 11.9. The lowest BCUT2D eigenvalue weighted by Crippen LogP contribution is -2.45. The minimum absolute atomic E-state index is 0. The van der Waals surface area contributed by atoms with Crippen LogP contribution in [0.15, 0.2) is 24.3 Å². The molecule has 1 fully saturated rings. The van der Waals surface area contributed by atoms with Gasteiger partial charge in [-0.05, 0) is 43.7 Å². The standard InChI is InChI=1S/C13H15N3O.ClH/c14-8-10-3-5-11(6-4-10)13(17)16-12-2-1-7-15-9-12;/h3-6,12,15H,1-2,7,9H2,(H,16,17);1H/t12-;/m1./s1. The maximum Gasteiger partial charge on any atom is 0.251 e. The number of piperidine rings is 1. The lowest BCUT2D eigenvalue weighted by Gasteiger charge is -2.23. The zero-order valence-electron chi connectivity index (χ0n) is 9.98.